The van der Waals surface area contributed by atoms with Crippen LogP contribution < -0.4 is 10.1 Å². The smallest absolute Gasteiger partial charge is 0.119 e. The molecule has 116 valence electrons. The Balaban J connectivity index is 1.45. The lowest BCUT2D eigenvalue weighted by atomic mass is 10.2. The van der Waals surface area contributed by atoms with Crippen LogP contribution >= 0.6 is 0 Å². The third-order valence-corrected chi connectivity index (χ3v) is 3.63. The number of rotatable bonds is 7. The fraction of sp³-hybridized carbons (Fsp3) is 0.150. The molecule has 0 bridgehead atoms. The largest absolute Gasteiger partial charge is 0.489 e. The molecule has 2 N–H and O–H groups in total. The maximum Gasteiger partial charge on any atom is 0.119 e. The van der Waals surface area contributed by atoms with Gasteiger partial charge in [-0.25, -0.2) is 0 Å². The van der Waals surface area contributed by atoms with Crippen LogP contribution in [0.25, 0.3) is 0 Å². The van der Waals surface area contributed by atoms with Crippen LogP contribution in [-0.4, -0.2) is 4.98 Å². The van der Waals surface area contributed by atoms with Gasteiger partial charge in [-0.3, -0.25) is 4.98 Å². The zero-order valence-corrected chi connectivity index (χ0v) is 13.1. The van der Waals surface area contributed by atoms with Gasteiger partial charge in [-0.1, -0.05) is 36.4 Å². The molecule has 3 rings (SSSR count). The lowest BCUT2D eigenvalue weighted by Gasteiger charge is -2.07. The first kappa shape index (κ1) is 15.3. The van der Waals surface area contributed by atoms with Crippen LogP contribution in [-0.2, 0) is 19.7 Å². The Kier molecular flexibility index (Phi) is 5.38. The Hall–Kier alpha value is -2.65. The number of pyridine rings is 1. The van der Waals surface area contributed by atoms with Crippen molar-refractivity contribution in [1.82, 2.24) is 4.98 Å². The van der Waals surface area contributed by atoms with E-state index in [0.29, 0.717) is 6.61 Å². The van der Waals surface area contributed by atoms with Crippen LogP contribution in [0, 0.1) is 0 Å². The minimum atomic E-state index is 0.603. The highest BCUT2D eigenvalue weighted by Gasteiger charge is 2.00. The van der Waals surface area contributed by atoms with E-state index in [1.807, 2.05) is 48.7 Å². The van der Waals surface area contributed by atoms with Crippen molar-refractivity contribution in [3.8, 4) is 5.75 Å². The molecule has 1 heterocycles. The van der Waals surface area contributed by atoms with Gasteiger partial charge in [0.05, 0.1) is 5.69 Å². The molecule has 0 amide bonds. The van der Waals surface area contributed by atoms with Crippen molar-refractivity contribution in [2.45, 2.75) is 19.7 Å². The molecule has 1 aromatic heterocycles. The second-order valence-electron chi connectivity index (χ2n) is 5.44. The fourth-order valence-electron chi connectivity index (χ4n) is 2.37. The first-order valence-electron chi connectivity index (χ1n) is 7.87. The van der Waals surface area contributed by atoms with E-state index in [2.05, 4.69) is 40.6 Å². The van der Waals surface area contributed by atoms with Crippen LogP contribution in [0.3, 0.4) is 0 Å². The minimum Gasteiger partial charge on any atom is -0.489 e. The summed E-state index contributed by atoms with van der Waals surface area (Å²) in [4.78, 5) is 4.33. The molecule has 0 aliphatic rings. The van der Waals surface area contributed by atoms with E-state index in [-0.39, 0.29) is 0 Å². The Morgan fingerprint density at radius 2 is 1.52 bits per heavy atom. The molecular formula is C20H21N2O+. The SMILES string of the molecule is c1ccc(COc2ccc(C[NH2+]Cc3ccccn3)cc2)cc1. The number of hydrogen-bond acceptors (Lipinski definition) is 2. The van der Waals surface area contributed by atoms with Crippen LogP contribution in [0.4, 0.5) is 0 Å². The van der Waals surface area contributed by atoms with Gasteiger partial charge in [0.15, 0.2) is 0 Å². The zero-order chi connectivity index (χ0) is 15.7. The van der Waals surface area contributed by atoms with Crippen molar-refractivity contribution in [2.75, 3.05) is 0 Å². The molecule has 0 fully saturated rings. The fourth-order valence-corrected chi connectivity index (χ4v) is 2.37. The van der Waals surface area contributed by atoms with Crippen molar-refractivity contribution in [1.29, 1.82) is 0 Å². The van der Waals surface area contributed by atoms with Crippen LogP contribution in [0.5, 0.6) is 5.75 Å². The second-order valence-corrected chi connectivity index (χ2v) is 5.44. The molecule has 2 aromatic carbocycles. The highest BCUT2D eigenvalue weighted by atomic mass is 16.5. The second kappa shape index (κ2) is 8.11. The number of benzene rings is 2. The summed E-state index contributed by atoms with van der Waals surface area (Å²) in [6.45, 7) is 2.44. The lowest BCUT2D eigenvalue weighted by Crippen LogP contribution is -2.80. The Bertz CT molecular complexity index is 697. The Labute approximate surface area is 137 Å². The van der Waals surface area contributed by atoms with Crippen LogP contribution in [0.2, 0.25) is 0 Å². The van der Waals surface area contributed by atoms with Crippen LogP contribution in [0.15, 0.2) is 79.0 Å². The molecule has 3 heteroatoms. The van der Waals surface area contributed by atoms with E-state index in [4.69, 9.17) is 4.74 Å². The zero-order valence-electron chi connectivity index (χ0n) is 13.1. The summed E-state index contributed by atoms with van der Waals surface area (Å²) < 4.78 is 5.80. The van der Waals surface area contributed by atoms with Crippen molar-refractivity contribution in [3.05, 3.63) is 95.8 Å². The van der Waals surface area contributed by atoms with Gasteiger partial charge in [0.25, 0.3) is 0 Å². The summed E-state index contributed by atoms with van der Waals surface area (Å²) >= 11 is 0. The highest BCUT2D eigenvalue weighted by Crippen LogP contribution is 2.13. The quantitative estimate of drug-likeness (QED) is 0.729. The predicted octanol–water partition coefficient (Wildman–Crippen LogP) is 2.92. The molecule has 3 aromatic rings. The van der Waals surface area contributed by atoms with Gasteiger partial charge in [-0.15, -0.1) is 0 Å². The monoisotopic (exact) mass is 305 g/mol. The van der Waals surface area contributed by atoms with Crippen molar-refractivity contribution in [3.63, 3.8) is 0 Å². The number of nitrogens with two attached hydrogens (primary N) is 1. The number of nitrogens with zero attached hydrogens (tertiary/aromatic N) is 1. The number of hydrogen-bond donors (Lipinski definition) is 1. The molecule has 23 heavy (non-hydrogen) atoms. The summed E-state index contributed by atoms with van der Waals surface area (Å²) in [6, 6.07) is 24.5. The van der Waals surface area contributed by atoms with Crippen molar-refractivity contribution < 1.29 is 10.1 Å². The highest BCUT2D eigenvalue weighted by molar-refractivity contribution is 5.27. The molecule has 0 saturated carbocycles. The standard InChI is InChI=1S/C20H20N2O/c1-2-6-18(7-3-1)16-23-20-11-9-17(10-12-20)14-21-15-19-8-4-5-13-22-19/h1-13,21H,14-16H2/p+1. The van der Waals surface area contributed by atoms with E-state index in [1.54, 1.807) is 0 Å². The number of quaternary nitrogens is 1. The molecule has 0 aliphatic heterocycles. The molecular weight excluding hydrogens is 284 g/mol. The van der Waals surface area contributed by atoms with Gasteiger partial charge in [0.1, 0.15) is 25.4 Å². The predicted molar refractivity (Wildman–Crippen MR) is 90.8 cm³/mol. The maximum atomic E-state index is 5.80. The molecule has 0 saturated heterocycles. The molecule has 0 aliphatic carbocycles. The van der Waals surface area contributed by atoms with Gasteiger partial charge < -0.3 is 10.1 Å². The molecule has 0 atom stereocenters. The minimum absolute atomic E-state index is 0.603. The summed E-state index contributed by atoms with van der Waals surface area (Å²) in [6.07, 6.45) is 1.84. The normalized spacial score (nSPS) is 10.4. The third-order valence-electron chi connectivity index (χ3n) is 3.63. The summed E-state index contributed by atoms with van der Waals surface area (Å²) in [5.41, 5.74) is 3.57. The van der Waals surface area contributed by atoms with Crippen molar-refractivity contribution >= 4 is 0 Å². The summed E-state index contributed by atoms with van der Waals surface area (Å²) in [5.74, 6) is 0.905. The van der Waals surface area contributed by atoms with Gasteiger partial charge in [-0.2, -0.15) is 0 Å². The first-order chi connectivity index (χ1) is 11.4. The Morgan fingerprint density at radius 1 is 0.739 bits per heavy atom. The van der Waals surface area contributed by atoms with Crippen molar-refractivity contribution in [2.24, 2.45) is 0 Å². The molecule has 0 radical (unpaired) electrons. The van der Waals surface area contributed by atoms with E-state index in [9.17, 15) is 0 Å². The summed E-state index contributed by atoms with van der Waals surface area (Å²) in [7, 11) is 0. The van der Waals surface area contributed by atoms with Gasteiger partial charge in [0, 0.05) is 11.8 Å². The number of ether oxygens (including phenoxy) is 1. The van der Waals surface area contributed by atoms with Gasteiger partial charge >= 0.3 is 0 Å². The topological polar surface area (TPSA) is 38.7 Å². The summed E-state index contributed by atoms with van der Waals surface area (Å²) in [5, 5.41) is 2.25. The lowest BCUT2D eigenvalue weighted by molar-refractivity contribution is -0.686. The average Bonchev–Trinajstić information content (AvgIpc) is 2.63. The van der Waals surface area contributed by atoms with E-state index < -0.39 is 0 Å². The molecule has 0 spiro atoms. The molecule has 3 nitrogen and oxygen atoms in total. The molecule has 0 unspecified atom stereocenters. The third kappa shape index (κ3) is 4.94. The van der Waals surface area contributed by atoms with Gasteiger partial charge in [0.2, 0.25) is 0 Å². The Morgan fingerprint density at radius 3 is 2.26 bits per heavy atom. The van der Waals surface area contributed by atoms with E-state index >= 15 is 0 Å². The van der Waals surface area contributed by atoms with Crippen LogP contribution in [0.1, 0.15) is 16.8 Å². The number of aromatic nitrogens is 1. The van der Waals surface area contributed by atoms with E-state index in [1.165, 1.54) is 11.1 Å². The van der Waals surface area contributed by atoms with Gasteiger partial charge in [-0.05, 0) is 42.0 Å². The van der Waals surface area contributed by atoms with E-state index in [0.717, 1.165) is 24.5 Å². The first-order valence-corrected chi connectivity index (χ1v) is 7.87. The average molecular weight is 305 g/mol. The maximum absolute atomic E-state index is 5.80.